The smallest absolute Gasteiger partial charge is 0.416 e. The molecule has 4 nitrogen and oxygen atoms in total. The number of amides is 1. The molecule has 0 bridgehead atoms. The van der Waals surface area contributed by atoms with Crippen molar-refractivity contribution < 1.29 is 22.7 Å². The molecule has 1 aliphatic rings. The molecule has 132 valence electrons. The minimum absolute atomic E-state index is 0.0314. The quantitative estimate of drug-likeness (QED) is 0.848. The summed E-state index contributed by atoms with van der Waals surface area (Å²) >= 11 is 0. The predicted octanol–water partition coefficient (Wildman–Crippen LogP) is 3.70. The fourth-order valence-electron chi connectivity index (χ4n) is 2.71. The molecule has 0 spiro atoms. The molecule has 0 N–H and O–H groups in total. The Morgan fingerprint density at radius 2 is 2.08 bits per heavy atom. The maximum atomic E-state index is 12.8. The Morgan fingerprint density at radius 3 is 2.76 bits per heavy atom. The number of rotatable bonds is 3. The molecular formula is C18H17F3N2O2. The van der Waals surface area contributed by atoms with Crippen LogP contribution in [0.15, 0.2) is 42.6 Å². The molecular weight excluding hydrogens is 333 g/mol. The van der Waals surface area contributed by atoms with Gasteiger partial charge in [0.25, 0.3) is 5.91 Å². The molecule has 1 atom stereocenters. The van der Waals surface area contributed by atoms with Crippen LogP contribution < -0.4 is 4.74 Å². The van der Waals surface area contributed by atoms with Crippen LogP contribution in [0.1, 0.15) is 27.9 Å². The van der Waals surface area contributed by atoms with Crippen LogP contribution in [0.2, 0.25) is 0 Å². The van der Waals surface area contributed by atoms with Crippen LogP contribution in [-0.4, -0.2) is 35.0 Å². The van der Waals surface area contributed by atoms with E-state index in [1.807, 2.05) is 13.0 Å². The van der Waals surface area contributed by atoms with Gasteiger partial charge in [0.2, 0.25) is 5.88 Å². The second-order valence-corrected chi connectivity index (χ2v) is 6.03. The largest absolute Gasteiger partial charge is 0.472 e. The second-order valence-electron chi connectivity index (χ2n) is 6.03. The number of aryl methyl sites for hydroxylation is 1. The number of nitrogens with zero attached hydrogens (tertiary/aromatic N) is 2. The maximum Gasteiger partial charge on any atom is 0.416 e. The van der Waals surface area contributed by atoms with E-state index in [1.165, 1.54) is 17.0 Å². The number of halogens is 3. The highest BCUT2D eigenvalue weighted by atomic mass is 19.4. The molecule has 25 heavy (non-hydrogen) atoms. The van der Waals surface area contributed by atoms with Gasteiger partial charge in [-0.3, -0.25) is 4.79 Å². The molecule has 1 aliphatic heterocycles. The van der Waals surface area contributed by atoms with E-state index in [9.17, 15) is 18.0 Å². The van der Waals surface area contributed by atoms with Gasteiger partial charge in [0.15, 0.2) is 0 Å². The number of carbonyl (C=O) groups is 1. The number of pyridine rings is 1. The highest BCUT2D eigenvalue weighted by Crippen LogP contribution is 2.30. The number of benzene rings is 1. The van der Waals surface area contributed by atoms with Crippen LogP contribution in [0.3, 0.4) is 0 Å². The summed E-state index contributed by atoms with van der Waals surface area (Å²) < 4.78 is 44.1. The summed E-state index contributed by atoms with van der Waals surface area (Å²) in [5.74, 6) is 0.0537. The SMILES string of the molecule is Cc1ccc(OC2CCN(C(=O)c3cccc(C(F)(F)F)c3)C2)nc1. The molecule has 1 fully saturated rings. The molecule has 2 heterocycles. The third kappa shape index (κ3) is 4.10. The molecule has 1 unspecified atom stereocenters. The Morgan fingerprint density at radius 1 is 1.28 bits per heavy atom. The van der Waals surface area contributed by atoms with Gasteiger partial charge < -0.3 is 9.64 Å². The Bertz CT molecular complexity index is 760. The third-order valence-electron chi connectivity index (χ3n) is 4.04. The minimum atomic E-state index is -4.47. The van der Waals surface area contributed by atoms with Crippen LogP contribution in [-0.2, 0) is 6.18 Å². The van der Waals surface area contributed by atoms with Crippen molar-refractivity contribution in [3.8, 4) is 5.88 Å². The Labute approximate surface area is 143 Å². The molecule has 1 amide bonds. The number of likely N-dealkylation sites (tertiary alicyclic amines) is 1. The Hall–Kier alpha value is -2.57. The Kier molecular flexibility index (Phi) is 4.65. The van der Waals surface area contributed by atoms with Crippen molar-refractivity contribution in [1.82, 2.24) is 9.88 Å². The third-order valence-corrected chi connectivity index (χ3v) is 4.04. The lowest BCUT2D eigenvalue weighted by molar-refractivity contribution is -0.137. The van der Waals surface area contributed by atoms with Gasteiger partial charge in [0.05, 0.1) is 12.1 Å². The van der Waals surface area contributed by atoms with Gasteiger partial charge in [-0.05, 0) is 30.7 Å². The first-order valence-corrected chi connectivity index (χ1v) is 7.89. The van der Waals surface area contributed by atoms with E-state index in [4.69, 9.17) is 4.74 Å². The van der Waals surface area contributed by atoms with Crippen molar-refractivity contribution in [2.24, 2.45) is 0 Å². The number of alkyl halides is 3. The van der Waals surface area contributed by atoms with Crippen LogP contribution in [0.25, 0.3) is 0 Å². The van der Waals surface area contributed by atoms with E-state index in [-0.39, 0.29) is 11.7 Å². The van der Waals surface area contributed by atoms with Crippen LogP contribution in [0, 0.1) is 6.92 Å². The van der Waals surface area contributed by atoms with Crippen molar-refractivity contribution in [2.45, 2.75) is 25.6 Å². The lowest BCUT2D eigenvalue weighted by atomic mass is 10.1. The molecule has 1 saturated heterocycles. The second kappa shape index (κ2) is 6.74. The van der Waals surface area contributed by atoms with Crippen molar-refractivity contribution in [3.05, 3.63) is 59.3 Å². The van der Waals surface area contributed by atoms with Crippen molar-refractivity contribution >= 4 is 5.91 Å². The van der Waals surface area contributed by atoms with E-state index in [2.05, 4.69) is 4.98 Å². The lowest BCUT2D eigenvalue weighted by Crippen LogP contribution is -2.31. The number of carbonyl (C=O) groups excluding carboxylic acids is 1. The summed E-state index contributed by atoms with van der Waals surface area (Å²) in [6.45, 7) is 2.68. The highest BCUT2D eigenvalue weighted by molar-refractivity contribution is 5.94. The van der Waals surface area contributed by atoms with Crippen molar-refractivity contribution in [3.63, 3.8) is 0 Å². The average molecular weight is 350 g/mol. The van der Waals surface area contributed by atoms with Gasteiger partial charge >= 0.3 is 6.18 Å². The van der Waals surface area contributed by atoms with Crippen LogP contribution in [0.4, 0.5) is 13.2 Å². The molecule has 2 aromatic rings. The monoisotopic (exact) mass is 350 g/mol. The number of aromatic nitrogens is 1. The summed E-state index contributed by atoms with van der Waals surface area (Å²) in [6.07, 6.45) is -2.38. The molecule has 7 heteroatoms. The summed E-state index contributed by atoms with van der Waals surface area (Å²) in [6, 6.07) is 8.12. The van der Waals surface area contributed by atoms with E-state index in [0.29, 0.717) is 25.4 Å². The van der Waals surface area contributed by atoms with Gasteiger partial charge in [-0.2, -0.15) is 13.2 Å². The molecule has 0 radical (unpaired) electrons. The summed E-state index contributed by atoms with van der Waals surface area (Å²) in [5.41, 5.74) is 0.221. The van der Waals surface area contributed by atoms with Crippen LogP contribution >= 0.6 is 0 Å². The first kappa shape index (κ1) is 17.3. The predicted molar refractivity (Wildman–Crippen MR) is 85.4 cm³/mol. The molecule has 1 aromatic carbocycles. The molecule has 0 saturated carbocycles. The van der Waals surface area contributed by atoms with Gasteiger partial charge in [0, 0.05) is 30.8 Å². The lowest BCUT2D eigenvalue weighted by Gasteiger charge is -2.18. The topological polar surface area (TPSA) is 42.4 Å². The van der Waals surface area contributed by atoms with Crippen molar-refractivity contribution in [2.75, 3.05) is 13.1 Å². The average Bonchev–Trinajstić information content (AvgIpc) is 3.04. The first-order valence-electron chi connectivity index (χ1n) is 7.89. The number of hydrogen-bond donors (Lipinski definition) is 0. The minimum Gasteiger partial charge on any atom is -0.472 e. The normalized spacial score (nSPS) is 17.6. The zero-order chi connectivity index (χ0) is 18.0. The van der Waals surface area contributed by atoms with Crippen LogP contribution in [0.5, 0.6) is 5.88 Å². The standard InChI is InChI=1S/C18H17F3N2O2/c1-12-5-6-16(22-10-12)25-15-7-8-23(11-15)17(24)13-3-2-4-14(9-13)18(19,20)21/h2-6,9-10,15H,7-8,11H2,1H3. The van der Waals surface area contributed by atoms with E-state index in [1.54, 1.807) is 12.3 Å². The number of ether oxygens (including phenoxy) is 1. The van der Waals surface area contributed by atoms with E-state index in [0.717, 1.165) is 17.7 Å². The maximum absolute atomic E-state index is 12.8. The fourth-order valence-corrected chi connectivity index (χ4v) is 2.71. The summed E-state index contributed by atoms with van der Waals surface area (Å²) in [5, 5.41) is 0. The Balaban J connectivity index is 1.65. The van der Waals surface area contributed by atoms with Gasteiger partial charge in [-0.1, -0.05) is 12.1 Å². The molecule has 1 aromatic heterocycles. The van der Waals surface area contributed by atoms with E-state index >= 15 is 0 Å². The zero-order valence-electron chi connectivity index (χ0n) is 13.6. The summed E-state index contributed by atoms with van der Waals surface area (Å²) in [4.78, 5) is 18.1. The van der Waals surface area contributed by atoms with E-state index < -0.39 is 17.6 Å². The number of hydrogen-bond acceptors (Lipinski definition) is 3. The fraction of sp³-hybridized carbons (Fsp3) is 0.333. The first-order chi connectivity index (χ1) is 11.8. The van der Waals surface area contributed by atoms with Crippen molar-refractivity contribution in [1.29, 1.82) is 0 Å². The highest BCUT2D eigenvalue weighted by Gasteiger charge is 2.33. The molecule has 3 rings (SSSR count). The zero-order valence-corrected chi connectivity index (χ0v) is 13.6. The van der Waals surface area contributed by atoms with Gasteiger partial charge in [-0.15, -0.1) is 0 Å². The van der Waals surface area contributed by atoms with Gasteiger partial charge in [0.1, 0.15) is 6.10 Å². The summed E-state index contributed by atoms with van der Waals surface area (Å²) in [7, 11) is 0. The molecule has 0 aliphatic carbocycles. The van der Waals surface area contributed by atoms with Gasteiger partial charge in [-0.25, -0.2) is 4.98 Å².